The van der Waals surface area contributed by atoms with E-state index in [2.05, 4.69) is 11.8 Å². The fraction of sp³-hybridized carbons (Fsp3) is 0.929. The summed E-state index contributed by atoms with van der Waals surface area (Å²) in [6.07, 6.45) is 6.91. The van der Waals surface area contributed by atoms with E-state index < -0.39 is 0 Å². The van der Waals surface area contributed by atoms with E-state index in [1.165, 1.54) is 32.1 Å². The summed E-state index contributed by atoms with van der Waals surface area (Å²) in [5.41, 5.74) is 0. The van der Waals surface area contributed by atoms with Crippen molar-refractivity contribution in [1.29, 1.82) is 0 Å². The quantitative estimate of drug-likeness (QED) is 0.712. The predicted octanol–water partition coefficient (Wildman–Crippen LogP) is 2.45. The van der Waals surface area contributed by atoms with E-state index in [-0.39, 0.29) is 0 Å². The number of carbonyl (C=O) groups excluding carboxylic acids is 1. The maximum absolute atomic E-state index is 12.3. The van der Waals surface area contributed by atoms with Gasteiger partial charge in [-0.25, -0.2) is 0 Å². The smallest absolute Gasteiger partial charge is 0.223 e. The lowest BCUT2D eigenvalue weighted by Gasteiger charge is -2.29. The Morgan fingerprint density at radius 2 is 2.06 bits per heavy atom. The standard InChI is InChI=1S/C14H25NO2/c1-11-3-6-13(9-11)15(7-8-17-2)14(16)10-12-4-5-12/h11-13H,3-10H2,1-2H3. The summed E-state index contributed by atoms with van der Waals surface area (Å²) in [6, 6.07) is 0.478. The lowest BCUT2D eigenvalue weighted by molar-refractivity contribution is -0.134. The van der Waals surface area contributed by atoms with E-state index in [0.717, 1.165) is 18.9 Å². The molecule has 0 aromatic carbocycles. The van der Waals surface area contributed by atoms with Gasteiger partial charge >= 0.3 is 0 Å². The Labute approximate surface area is 105 Å². The van der Waals surface area contributed by atoms with Gasteiger partial charge in [0, 0.05) is 26.1 Å². The lowest BCUT2D eigenvalue weighted by Crippen LogP contribution is -2.41. The van der Waals surface area contributed by atoms with Crippen molar-refractivity contribution < 1.29 is 9.53 Å². The van der Waals surface area contributed by atoms with Crippen molar-refractivity contribution in [1.82, 2.24) is 4.90 Å². The second-order valence-electron chi connectivity index (χ2n) is 5.80. The van der Waals surface area contributed by atoms with Crippen molar-refractivity contribution in [2.24, 2.45) is 11.8 Å². The maximum Gasteiger partial charge on any atom is 0.223 e. The van der Waals surface area contributed by atoms with Crippen LogP contribution in [-0.4, -0.2) is 37.1 Å². The molecule has 2 aliphatic rings. The number of methoxy groups -OCH3 is 1. The highest BCUT2D eigenvalue weighted by molar-refractivity contribution is 5.77. The third-order valence-electron chi connectivity index (χ3n) is 4.12. The molecule has 2 fully saturated rings. The molecule has 0 aromatic rings. The van der Waals surface area contributed by atoms with Crippen LogP contribution < -0.4 is 0 Å². The molecule has 0 aromatic heterocycles. The van der Waals surface area contributed by atoms with E-state index in [9.17, 15) is 4.79 Å². The second kappa shape index (κ2) is 5.85. The van der Waals surface area contributed by atoms with Crippen molar-refractivity contribution >= 4 is 5.91 Å². The minimum absolute atomic E-state index is 0.364. The van der Waals surface area contributed by atoms with Crippen LogP contribution in [0.2, 0.25) is 0 Å². The molecule has 17 heavy (non-hydrogen) atoms. The van der Waals surface area contributed by atoms with Gasteiger partial charge in [-0.05, 0) is 43.9 Å². The summed E-state index contributed by atoms with van der Waals surface area (Å²) in [5, 5.41) is 0. The Hall–Kier alpha value is -0.570. The number of hydrogen-bond acceptors (Lipinski definition) is 2. The molecule has 0 N–H and O–H groups in total. The molecular formula is C14H25NO2. The van der Waals surface area contributed by atoms with Gasteiger partial charge in [0.15, 0.2) is 0 Å². The average molecular weight is 239 g/mol. The van der Waals surface area contributed by atoms with Crippen LogP contribution in [0.4, 0.5) is 0 Å². The fourth-order valence-corrected chi connectivity index (χ4v) is 2.85. The Morgan fingerprint density at radius 1 is 1.29 bits per heavy atom. The first-order valence-corrected chi connectivity index (χ1v) is 6.99. The minimum atomic E-state index is 0.364. The SMILES string of the molecule is COCCN(C(=O)CC1CC1)C1CCC(C)C1. The molecule has 3 nitrogen and oxygen atoms in total. The summed E-state index contributed by atoms with van der Waals surface area (Å²) in [6.45, 7) is 3.74. The number of rotatable bonds is 6. The van der Waals surface area contributed by atoms with Gasteiger partial charge in [0.2, 0.25) is 5.91 Å². The summed E-state index contributed by atoms with van der Waals surface area (Å²) in [4.78, 5) is 14.4. The van der Waals surface area contributed by atoms with Crippen molar-refractivity contribution in [2.45, 2.75) is 51.5 Å². The largest absolute Gasteiger partial charge is 0.383 e. The fourth-order valence-electron chi connectivity index (χ4n) is 2.85. The van der Waals surface area contributed by atoms with Crippen molar-refractivity contribution in [3.63, 3.8) is 0 Å². The number of ether oxygens (including phenoxy) is 1. The van der Waals surface area contributed by atoms with Crippen molar-refractivity contribution in [3.05, 3.63) is 0 Å². The third kappa shape index (κ3) is 3.70. The molecule has 2 atom stereocenters. The van der Waals surface area contributed by atoms with Gasteiger partial charge in [0.1, 0.15) is 0 Å². The Morgan fingerprint density at radius 3 is 2.59 bits per heavy atom. The molecule has 2 unspecified atom stereocenters. The minimum Gasteiger partial charge on any atom is -0.383 e. The topological polar surface area (TPSA) is 29.5 Å². The second-order valence-corrected chi connectivity index (χ2v) is 5.80. The van der Waals surface area contributed by atoms with Gasteiger partial charge in [-0.1, -0.05) is 6.92 Å². The van der Waals surface area contributed by atoms with Crippen LogP contribution in [0.1, 0.15) is 45.4 Å². The highest BCUT2D eigenvalue weighted by Gasteiger charge is 2.32. The zero-order chi connectivity index (χ0) is 12.3. The molecule has 2 rings (SSSR count). The predicted molar refractivity (Wildman–Crippen MR) is 67.7 cm³/mol. The van der Waals surface area contributed by atoms with Crippen LogP contribution in [0.15, 0.2) is 0 Å². The lowest BCUT2D eigenvalue weighted by atomic mass is 10.1. The van der Waals surface area contributed by atoms with Gasteiger partial charge in [0.05, 0.1) is 6.61 Å². The number of amides is 1. The summed E-state index contributed by atoms with van der Waals surface area (Å²) >= 11 is 0. The zero-order valence-corrected chi connectivity index (χ0v) is 11.2. The van der Waals surface area contributed by atoms with E-state index in [0.29, 0.717) is 24.5 Å². The first-order chi connectivity index (χ1) is 8.20. The average Bonchev–Trinajstić information content (AvgIpc) is 3.00. The van der Waals surface area contributed by atoms with Crippen molar-refractivity contribution in [3.8, 4) is 0 Å². The molecule has 0 spiro atoms. The van der Waals surface area contributed by atoms with Gasteiger partial charge in [-0.2, -0.15) is 0 Å². The molecule has 2 saturated carbocycles. The maximum atomic E-state index is 12.3. The molecular weight excluding hydrogens is 214 g/mol. The summed E-state index contributed by atoms with van der Waals surface area (Å²) in [7, 11) is 1.71. The molecule has 2 aliphatic carbocycles. The Kier molecular flexibility index (Phi) is 4.43. The van der Waals surface area contributed by atoms with Gasteiger partial charge in [0.25, 0.3) is 0 Å². The number of carbonyl (C=O) groups is 1. The molecule has 98 valence electrons. The van der Waals surface area contributed by atoms with Crippen LogP contribution in [0.5, 0.6) is 0 Å². The first-order valence-electron chi connectivity index (χ1n) is 6.99. The molecule has 0 heterocycles. The summed E-state index contributed by atoms with van der Waals surface area (Å²) < 4.78 is 5.14. The van der Waals surface area contributed by atoms with Crippen LogP contribution in [0, 0.1) is 11.8 Å². The molecule has 0 bridgehead atoms. The summed E-state index contributed by atoms with van der Waals surface area (Å²) in [5.74, 6) is 1.83. The van der Waals surface area contributed by atoms with E-state index in [4.69, 9.17) is 4.74 Å². The highest BCUT2D eigenvalue weighted by atomic mass is 16.5. The van der Waals surface area contributed by atoms with Gasteiger partial charge < -0.3 is 9.64 Å². The third-order valence-corrected chi connectivity index (χ3v) is 4.12. The van der Waals surface area contributed by atoms with E-state index >= 15 is 0 Å². The van der Waals surface area contributed by atoms with Crippen LogP contribution >= 0.6 is 0 Å². The van der Waals surface area contributed by atoms with Crippen LogP contribution in [0.3, 0.4) is 0 Å². The Bertz CT molecular complexity index is 263. The molecule has 3 heteroatoms. The normalized spacial score (nSPS) is 28.4. The van der Waals surface area contributed by atoms with Gasteiger partial charge in [-0.15, -0.1) is 0 Å². The molecule has 0 saturated heterocycles. The monoisotopic (exact) mass is 239 g/mol. The number of hydrogen-bond donors (Lipinski definition) is 0. The highest BCUT2D eigenvalue weighted by Crippen LogP contribution is 2.35. The van der Waals surface area contributed by atoms with Crippen molar-refractivity contribution in [2.75, 3.05) is 20.3 Å². The van der Waals surface area contributed by atoms with E-state index in [1.54, 1.807) is 7.11 Å². The molecule has 0 radical (unpaired) electrons. The van der Waals surface area contributed by atoms with Crippen LogP contribution in [-0.2, 0) is 9.53 Å². The van der Waals surface area contributed by atoms with E-state index in [1.807, 2.05) is 0 Å². The first kappa shape index (κ1) is 12.9. The van der Waals surface area contributed by atoms with Gasteiger partial charge in [-0.3, -0.25) is 4.79 Å². The number of nitrogens with zero attached hydrogens (tertiary/aromatic N) is 1. The Balaban J connectivity index is 1.88. The molecule has 1 amide bonds. The van der Waals surface area contributed by atoms with Crippen LogP contribution in [0.25, 0.3) is 0 Å². The zero-order valence-electron chi connectivity index (χ0n) is 11.2. The molecule has 0 aliphatic heterocycles.